The number of halogens is 1. The number of carboxylic acid groups (broad SMARTS) is 1. The number of carbonyl (C=O) groups is 1. The minimum Gasteiger partial charge on any atom is -0.496 e. The summed E-state index contributed by atoms with van der Waals surface area (Å²) in [6.07, 6.45) is 1.77. The second-order valence-electron chi connectivity index (χ2n) is 8.27. The summed E-state index contributed by atoms with van der Waals surface area (Å²) in [6.45, 7) is 4.18. The van der Waals surface area contributed by atoms with Crippen LogP contribution in [0.4, 0.5) is 4.39 Å². The molecule has 0 spiro atoms. The van der Waals surface area contributed by atoms with Crippen molar-refractivity contribution in [3.63, 3.8) is 0 Å². The monoisotopic (exact) mass is 443 g/mol. The van der Waals surface area contributed by atoms with Crippen molar-refractivity contribution >= 4 is 27.8 Å². The van der Waals surface area contributed by atoms with Crippen LogP contribution in [-0.2, 0) is 0 Å². The van der Waals surface area contributed by atoms with Crippen molar-refractivity contribution < 1.29 is 19.0 Å². The van der Waals surface area contributed by atoms with Crippen molar-refractivity contribution in [1.29, 1.82) is 0 Å². The quantitative estimate of drug-likeness (QED) is 0.342. The Bertz CT molecular complexity index is 1510. The molecular weight excluding hydrogens is 421 g/mol. The Morgan fingerprint density at radius 2 is 1.88 bits per heavy atom. The predicted octanol–water partition coefficient (Wildman–Crippen LogP) is 6.14. The van der Waals surface area contributed by atoms with Gasteiger partial charge in [0.2, 0.25) is 0 Å². The molecule has 5 rings (SSSR count). The van der Waals surface area contributed by atoms with E-state index in [1.807, 2.05) is 12.1 Å². The van der Waals surface area contributed by atoms with Crippen LogP contribution in [0.15, 0.2) is 60.8 Å². The first-order valence-corrected chi connectivity index (χ1v) is 10.6. The summed E-state index contributed by atoms with van der Waals surface area (Å²) in [7, 11) is 1.45. The predicted molar refractivity (Wildman–Crippen MR) is 126 cm³/mol. The van der Waals surface area contributed by atoms with Gasteiger partial charge >= 0.3 is 5.97 Å². The second kappa shape index (κ2) is 7.78. The molecule has 0 aliphatic heterocycles. The van der Waals surface area contributed by atoms with Crippen LogP contribution in [0.1, 0.15) is 35.8 Å². The number of benzene rings is 3. The zero-order valence-electron chi connectivity index (χ0n) is 18.4. The number of hydrogen-bond donors (Lipinski definition) is 2. The SMILES string of the molecule is COc1ccc(-c2c(C(C)C)n(-c3ccc(F)cc3)c3cc4cn[nH]c4cc23)cc1C(=O)O. The highest BCUT2D eigenvalue weighted by molar-refractivity contribution is 6.06. The van der Waals surface area contributed by atoms with Gasteiger partial charge < -0.3 is 14.4 Å². The van der Waals surface area contributed by atoms with Crippen molar-refractivity contribution in [3.05, 3.63) is 77.9 Å². The molecule has 166 valence electrons. The number of ether oxygens (including phenoxy) is 1. The van der Waals surface area contributed by atoms with Gasteiger partial charge in [0, 0.05) is 27.7 Å². The average molecular weight is 443 g/mol. The number of hydrogen-bond acceptors (Lipinski definition) is 3. The third-order valence-electron chi connectivity index (χ3n) is 5.91. The molecule has 2 N–H and O–H groups in total. The fourth-order valence-corrected chi connectivity index (χ4v) is 4.49. The fraction of sp³-hybridized carbons (Fsp3) is 0.154. The van der Waals surface area contributed by atoms with Crippen molar-refractivity contribution in [2.45, 2.75) is 19.8 Å². The number of aromatic carboxylic acids is 1. The number of carboxylic acids is 1. The summed E-state index contributed by atoms with van der Waals surface area (Å²) < 4.78 is 21.1. The van der Waals surface area contributed by atoms with Gasteiger partial charge in [0.05, 0.1) is 24.3 Å². The molecule has 0 saturated carbocycles. The summed E-state index contributed by atoms with van der Waals surface area (Å²) in [6, 6.07) is 15.7. The van der Waals surface area contributed by atoms with Crippen LogP contribution in [0.2, 0.25) is 0 Å². The third kappa shape index (κ3) is 3.33. The lowest BCUT2D eigenvalue weighted by Gasteiger charge is -2.16. The molecule has 0 radical (unpaired) electrons. The summed E-state index contributed by atoms with van der Waals surface area (Å²) in [5, 5.41) is 18.8. The molecule has 2 aromatic heterocycles. The van der Waals surface area contributed by atoms with Crippen molar-refractivity contribution in [2.24, 2.45) is 0 Å². The van der Waals surface area contributed by atoms with Gasteiger partial charge in [-0.3, -0.25) is 5.10 Å². The van der Waals surface area contributed by atoms with Crippen LogP contribution < -0.4 is 4.74 Å². The molecule has 0 amide bonds. The van der Waals surface area contributed by atoms with E-state index >= 15 is 0 Å². The molecule has 0 unspecified atom stereocenters. The van der Waals surface area contributed by atoms with E-state index in [1.165, 1.54) is 19.2 Å². The van der Waals surface area contributed by atoms with E-state index in [2.05, 4.69) is 34.7 Å². The van der Waals surface area contributed by atoms with Gasteiger partial charge in [-0.05, 0) is 60.0 Å². The number of rotatable bonds is 5. The summed E-state index contributed by atoms with van der Waals surface area (Å²) >= 11 is 0. The Balaban J connectivity index is 1.92. The maximum Gasteiger partial charge on any atom is 0.339 e. The van der Waals surface area contributed by atoms with E-state index in [9.17, 15) is 14.3 Å². The summed E-state index contributed by atoms with van der Waals surface area (Å²) in [4.78, 5) is 11.9. The van der Waals surface area contributed by atoms with E-state index in [1.54, 1.807) is 30.5 Å². The van der Waals surface area contributed by atoms with Crippen molar-refractivity contribution in [1.82, 2.24) is 14.8 Å². The molecular formula is C26H22FN3O3. The normalized spacial score (nSPS) is 11.5. The highest BCUT2D eigenvalue weighted by Gasteiger charge is 2.24. The van der Waals surface area contributed by atoms with Gasteiger partial charge in [0.25, 0.3) is 0 Å². The highest BCUT2D eigenvalue weighted by atomic mass is 19.1. The molecule has 33 heavy (non-hydrogen) atoms. The van der Waals surface area contributed by atoms with Crippen LogP contribution in [0, 0.1) is 5.82 Å². The van der Waals surface area contributed by atoms with Crippen LogP contribution in [0.5, 0.6) is 5.75 Å². The second-order valence-corrected chi connectivity index (χ2v) is 8.27. The van der Waals surface area contributed by atoms with Crippen molar-refractivity contribution in [2.75, 3.05) is 7.11 Å². The van der Waals surface area contributed by atoms with Crippen LogP contribution in [0.25, 0.3) is 38.6 Å². The number of aromatic amines is 1. The summed E-state index contributed by atoms with van der Waals surface area (Å²) in [5.41, 5.74) is 5.41. The molecule has 6 nitrogen and oxygen atoms in total. The molecule has 0 aliphatic carbocycles. The maximum absolute atomic E-state index is 13.7. The summed E-state index contributed by atoms with van der Waals surface area (Å²) in [5.74, 6) is -0.974. The first-order valence-electron chi connectivity index (χ1n) is 10.6. The maximum atomic E-state index is 13.7. The molecule has 0 aliphatic rings. The Morgan fingerprint density at radius 1 is 1.12 bits per heavy atom. The first-order chi connectivity index (χ1) is 15.9. The first kappa shape index (κ1) is 20.8. The van der Waals surface area contributed by atoms with Crippen LogP contribution in [0.3, 0.4) is 0 Å². The number of H-pyrrole nitrogens is 1. The number of methoxy groups -OCH3 is 1. The molecule has 0 bridgehead atoms. The van der Waals surface area contributed by atoms with Gasteiger partial charge in [-0.1, -0.05) is 19.9 Å². The van der Waals surface area contributed by atoms with E-state index in [-0.39, 0.29) is 17.3 Å². The number of fused-ring (bicyclic) bond motifs is 2. The molecule has 3 aromatic carbocycles. The third-order valence-corrected chi connectivity index (χ3v) is 5.91. The molecule has 0 fully saturated rings. The van der Waals surface area contributed by atoms with Crippen LogP contribution >= 0.6 is 0 Å². The zero-order chi connectivity index (χ0) is 23.3. The smallest absolute Gasteiger partial charge is 0.339 e. The van der Waals surface area contributed by atoms with Crippen molar-refractivity contribution in [3.8, 4) is 22.6 Å². The Kier molecular flexibility index (Phi) is 4.89. The number of aromatic nitrogens is 3. The minimum absolute atomic E-state index is 0.0873. The number of nitrogens with one attached hydrogen (secondary N) is 1. The van der Waals surface area contributed by atoms with Gasteiger partial charge in [-0.15, -0.1) is 0 Å². The lowest BCUT2D eigenvalue weighted by Crippen LogP contribution is -2.04. The zero-order valence-corrected chi connectivity index (χ0v) is 18.4. The van der Waals surface area contributed by atoms with Gasteiger partial charge in [-0.2, -0.15) is 5.10 Å². The molecule has 0 atom stereocenters. The Hall–Kier alpha value is -4.13. The lowest BCUT2D eigenvalue weighted by molar-refractivity contribution is 0.0693. The molecule has 0 saturated heterocycles. The molecule has 7 heteroatoms. The van der Waals surface area contributed by atoms with Gasteiger partial charge in [-0.25, -0.2) is 9.18 Å². The molecule has 5 aromatic rings. The van der Waals surface area contributed by atoms with Crippen LogP contribution in [-0.4, -0.2) is 33.0 Å². The van der Waals surface area contributed by atoms with Gasteiger partial charge in [0.15, 0.2) is 0 Å². The largest absolute Gasteiger partial charge is 0.496 e. The average Bonchev–Trinajstić information content (AvgIpc) is 3.39. The standard InChI is InChI=1S/C26H22FN3O3/c1-14(2)25-24(15-4-9-23(33-3)20(10-15)26(31)32)19-12-21-16(13-28-29-21)11-22(19)30(25)18-7-5-17(27)6-8-18/h4-14H,1-3H3,(H,28,29)(H,31,32). The van der Waals surface area contributed by atoms with E-state index < -0.39 is 5.97 Å². The van der Waals surface area contributed by atoms with E-state index in [0.717, 1.165) is 44.3 Å². The van der Waals surface area contributed by atoms with Gasteiger partial charge in [0.1, 0.15) is 17.1 Å². The Labute approximate surface area is 189 Å². The molecule has 2 heterocycles. The fourth-order valence-electron chi connectivity index (χ4n) is 4.49. The van der Waals surface area contributed by atoms with E-state index in [4.69, 9.17) is 4.74 Å². The topological polar surface area (TPSA) is 80.1 Å². The minimum atomic E-state index is -1.06. The lowest BCUT2D eigenvalue weighted by atomic mass is 9.95. The highest BCUT2D eigenvalue weighted by Crippen LogP contribution is 2.42. The number of nitrogens with zero attached hydrogens (tertiary/aromatic N) is 2. The Morgan fingerprint density at radius 3 is 2.55 bits per heavy atom. The van der Waals surface area contributed by atoms with E-state index in [0.29, 0.717) is 5.75 Å².